The van der Waals surface area contributed by atoms with Crippen molar-refractivity contribution in [1.82, 2.24) is 0 Å². The number of hydrogen-bond donors (Lipinski definition) is 0. The van der Waals surface area contributed by atoms with E-state index < -0.39 is 0 Å². The molecule has 3 aromatic rings. The van der Waals surface area contributed by atoms with E-state index in [1.54, 1.807) is 0 Å². The molecule has 0 aliphatic rings. The highest BCUT2D eigenvalue weighted by Gasteiger charge is 2.14. The summed E-state index contributed by atoms with van der Waals surface area (Å²) in [7, 11) is 0. The Bertz CT molecular complexity index is 885. The molecule has 0 saturated heterocycles. The zero-order chi connectivity index (χ0) is 14.4. The summed E-state index contributed by atoms with van der Waals surface area (Å²) in [6.45, 7) is 8.12. The van der Waals surface area contributed by atoms with Crippen molar-refractivity contribution in [1.29, 1.82) is 0 Å². The number of benzene rings is 2. The minimum Gasteiger partial charge on any atom is -0.455 e. The molecule has 1 heterocycles. The number of rotatable bonds is 1. The standard InChI is InChI=1S/C18H18O2/c1-5-13-7-6-8-14-16(19)15-11(3)9-10(2)12(4)17(15)20-18(13)14/h6-9H,5H2,1-4H3. The SMILES string of the molecule is CCc1cccc2c(=O)c3c(C)cc(C)c(C)c3oc12. The third kappa shape index (κ3) is 1.68. The Morgan fingerprint density at radius 3 is 2.50 bits per heavy atom. The van der Waals surface area contributed by atoms with E-state index in [1.165, 1.54) is 0 Å². The summed E-state index contributed by atoms with van der Waals surface area (Å²) >= 11 is 0. The van der Waals surface area contributed by atoms with Gasteiger partial charge in [0.25, 0.3) is 0 Å². The molecule has 0 unspecified atom stereocenters. The van der Waals surface area contributed by atoms with Crippen molar-refractivity contribution >= 4 is 21.9 Å². The van der Waals surface area contributed by atoms with E-state index in [2.05, 4.69) is 19.9 Å². The van der Waals surface area contributed by atoms with E-state index in [0.29, 0.717) is 10.8 Å². The molecular formula is C18H18O2. The zero-order valence-electron chi connectivity index (χ0n) is 12.3. The molecule has 0 bridgehead atoms. The number of fused-ring (bicyclic) bond motifs is 2. The molecular weight excluding hydrogens is 248 g/mol. The highest BCUT2D eigenvalue weighted by Crippen LogP contribution is 2.28. The van der Waals surface area contributed by atoms with Crippen LogP contribution in [-0.4, -0.2) is 0 Å². The van der Waals surface area contributed by atoms with Crippen LogP contribution in [-0.2, 0) is 6.42 Å². The molecule has 3 rings (SSSR count). The minimum absolute atomic E-state index is 0.0807. The van der Waals surface area contributed by atoms with Crippen LogP contribution >= 0.6 is 0 Å². The van der Waals surface area contributed by atoms with Crippen LogP contribution in [0.3, 0.4) is 0 Å². The van der Waals surface area contributed by atoms with Crippen molar-refractivity contribution in [2.24, 2.45) is 0 Å². The maximum Gasteiger partial charge on any atom is 0.200 e. The highest BCUT2D eigenvalue weighted by atomic mass is 16.3. The molecule has 20 heavy (non-hydrogen) atoms. The summed E-state index contributed by atoms with van der Waals surface area (Å²) in [4.78, 5) is 12.8. The van der Waals surface area contributed by atoms with Gasteiger partial charge in [0, 0.05) is 0 Å². The Hall–Kier alpha value is -2.09. The van der Waals surface area contributed by atoms with Crippen molar-refractivity contribution < 1.29 is 4.42 Å². The van der Waals surface area contributed by atoms with Crippen LogP contribution in [0.1, 0.15) is 29.2 Å². The van der Waals surface area contributed by atoms with Gasteiger partial charge in [-0.05, 0) is 55.5 Å². The predicted molar refractivity (Wildman–Crippen MR) is 83.6 cm³/mol. The fourth-order valence-electron chi connectivity index (χ4n) is 2.86. The molecule has 0 atom stereocenters. The summed E-state index contributed by atoms with van der Waals surface area (Å²) in [6.07, 6.45) is 0.857. The average molecular weight is 266 g/mol. The maximum absolute atomic E-state index is 12.8. The molecule has 0 saturated carbocycles. The lowest BCUT2D eigenvalue weighted by Gasteiger charge is -2.10. The minimum atomic E-state index is 0.0807. The Labute approximate surface area is 118 Å². The lowest BCUT2D eigenvalue weighted by molar-refractivity contribution is 0.650. The van der Waals surface area contributed by atoms with Gasteiger partial charge in [0.2, 0.25) is 5.43 Å². The molecule has 2 aromatic carbocycles. The van der Waals surface area contributed by atoms with Crippen LogP contribution in [0.5, 0.6) is 0 Å². The van der Waals surface area contributed by atoms with Crippen LogP contribution in [0.15, 0.2) is 33.5 Å². The summed E-state index contributed by atoms with van der Waals surface area (Å²) < 4.78 is 6.14. The van der Waals surface area contributed by atoms with E-state index in [4.69, 9.17) is 4.42 Å². The molecule has 0 aliphatic heterocycles. The first-order chi connectivity index (χ1) is 9.54. The fraction of sp³-hybridized carbons (Fsp3) is 0.278. The second-order valence-electron chi connectivity index (χ2n) is 5.42. The van der Waals surface area contributed by atoms with Gasteiger partial charge in [0.1, 0.15) is 11.2 Å². The Balaban J connectivity index is 2.65. The Kier molecular flexibility index (Phi) is 2.89. The molecule has 2 heteroatoms. The van der Waals surface area contributed by atoms with E-state index >= 15 is 0 Å². The average Bonchev–Trinajstić information content (AvgIpc) is 2.44. The van der Waals surface area contributed by atoms with E-state index in [-0.39, 0.29) is 5.43 Å². The molecule has 0 fully saturated rings. The summed E-state index contributed by atoms with van der Waals surface area (Å²) in [5, 5.41) is 1.40. The van der Waals surface area contributed by atoms with Crippen molar-refractivity contribution in [2.75, 3.05) is 0 Å². The molecule has 102 valence electrons. The van der Waals surface area contributed by atoms with Gasteiger partial charge in [-0.25, -0.2) is 0 Å². The first-order valence-electron chi connectivity index (χ1n) is 6.99. The summed E-state index contributed by atoms with van der Waals surface area (Å²) in [6, 6.07) is 7.87. The first kappa shape index (κ1) is 12.9. The molecule has 0 amide bonds. The van der Waals surface area contributed by atoms with Gasteiger partial charge in [0.15, 0.2) is 0 Å². The maximum atomic E-state index is 12.8. The van der Waals surface area contributed by atoms with Crippen LogP contribution in [0.4, 0.5) is 0 Å². The Morgan fingerprint density at radius 2 is 1.80 bits per heavy atom. The van der Waals surface area contributed by atoms with Crippen molar-refractivity contribution in [2.45, 2.75) is 34.1 Å². The fourth-order valence-corrected chi connectivity index (χ4v) is 2.86. The van der Waals surface area contributed by atoms with Gasteiger partial charge in [0.05, 0.1) is 10.8 Å². The van der Waals surface area contributed by atoms with Gasteiger partial charge < -0.3 is 4.42 Å². The van der Waals surface area contributed by atoms with E-state index in [0.717, 1.165) is 39.8 Å². The lowest BCUT2D eigenvalue weighted by atomic mass is 9.99. The van der Waals surface area contributed by atoms with Crippen molar-refractivity contribution in [3.63, 3.8) is 0 Å². The van der Waals surface area contributed by atoms with Gasteiger partial charge in [-0.2, -0.15) is 0 Å². The molecule has 0 radical (unpaired) electrons. The van der Waals surface area contributed by atoms with Crippen LogP contribution in [0.25, 0.3) is 21.9 Å². The van der Waals surface area contributed by atoms with Gasteiger partial charge in [-0.3, -0.25) is 4.79 Å². The second-order valence-corrected chi connectivity index (χ2v) is 5.42. The molecule has 2 nitrogen and oxygen atoms in total. The third-order valence-electron chi connectivity index (χ3n) is 4.14. The monoisotopic (exact) mass is 266 g/mol. The van der Waals surface area contributed by atoms with Crippen LogP contribution in [0, 0.1) is 20.8 Å². The number of hydrogen-bond acceptors (Lipinski definition) is 2. The second kappa shape index (κ2) is 4.48. The molecule has 0 aliphatic carbocycles. The number of para-hydroxylation sites is 1. The molecule has 0 N–H and O–H groups in total. The van der Waals surface area contributed by atoms with Gasteiger partial charge in [-0.15, -0.1) is 0 Å². The zero-order valence-corrected chi connectivity index (χ0v) is 12.3. The normalized spacial score (nSPS) is 11.4. The lowest BCUT2D eigenvalue weighted by Crippen LogP contribution is -2.06. The summed E-state index contributed by atoms with van der Waals surface area (Å²) in [5.41, 5.74) is 5.83. The van der Waals surface area contributed by atoms with E-state index in [9.17, 15) is 4.79 Å². The van der Waals surface area contributed by atoms with Gasteiger partial charge >= 0.3 is 0 Å². The smallest absolute Gasteiger partial charge is 0.200 e. The predicted octanol–water partition coefficient (Wildman–Crippen LogP) is 4.43. The first-order valence-corrected chi connectivity index (χ1v) is 6.99. The van der Waals surface area contributed by atoms with Gasteiger partial charge in [-0.1, -0.05) is 25.1 Å². The largest absolute Gasteiger partial charge is 0.455 e. The molecule has 1 aromatic heterocycles. The van der Waals surface area contributed by atoms with Crippen molar-refractivity contribution in [3.05, 3.63) is 56.7 Å². The van der Waals surface area contributed by atoms with E-state index in [1.807, 2.05) is 32.0 Å². The topological polar surface area (TPSA) is 30.2 Å². The summed E-state index contributed by atoms with van der Waals surface area (Å²) in [5.74, 6) is 0. The highest BCUT2D eigenvalue weighted by molar-refractivity contribution is 5.94. The number of aryl methyl sites for hydroxylation is 4. The third-order valence-corrected chi connectivity index (χ3v) is 4.14. The van der Waals surface area contributed by atoms with Crippen LogP contribution in [0.2, 0.25) is 0 Å². The van der Waals surface area contributed by atoms with Crippen molar-refractivity contribution in [3.8, 4) is 0 Å². The quantitative estimate of drug-likeness (QED) is 0.610. The molecule has 0 spiro atoms. The van der Waals surface area contributed by atoms with Crippen LogP contribution < -0.4 is 5.43 Å². The Morgan fingerprint density at radius 1 is 1.05 bits per heavy atom.